The number of hydrogen-bond acceptors (Lipinski definition) is 5. The van der Waals surface area contributed by atoms with E-state index in [-0.39, 0.29) is 0 Å². The van der Waals surface area contributed by atoms with Crippen LogP contribution in [0.1, 0.15) is 6.42 Å². The molecule has 0 unspecified atom stereocenters. The zero-order chi connectivity index (χ0) is 14.9. The lowest BCUT2D eigenvalue weighted by Gasteiger charge is -2.40. The molecule has 3 N–H and O–H groups in total. The van der Waals surface area contributed by atoms with E-state index in [0.29, 0.717) is 12.5 Å². The molecule has 2 heterocycles. The lowest BCUT2D eigenvalue weighted by Crippen LogP contribution is -2.48. The highest BCUT2D eigenvalue weighted by Crippen LogP contribution is 2.29. The SMILES string of the molecule is NS(=O)(=O)NCCC1CN(c2ncnc3ccccc23)C1. The number of aromatic nitrogens is 2. The lowest BCUT2D eigenvalue weighted by atomic mass is 9.96. The summed E-state index contributed by atoms with van der Waals surface area (Å²) in [6.45, 7) is 2.11. The molecular formula is C13H17N5O2S. The zero-order valence-electron chi connectivity index (χ0n) is 11.4. The molecule has 2 aromatic rings. The van der Waals surface area contributed by atoms with Gasteiger partial charge in [-0.3, -0.25) is 0 Å². The summed E-state index contributed by atoms with van der Waals surface area (Å²) in [6.07, 6.45) is 2.35. The maximum absolute atomic E-state index is 10.8. The largest absolute Gasteiger partial charge is 0.355 e. The molecule has 1 aromatic carbocycles. The molecule has 112 valence electrons. The Morgan fingerprint density at radius 3 is 2.81 bits per heavy atom. The first-order valence-electron chi connectivity index (χ1n) is 6.75. The molecule has 8 heteroatoms. The zero-order valence-corrected chi connectivity index (χ0v) is 12.3. The van der Waals surface area contributed by atoms with E-state index in [9.17, 15) is 8.42 Å². The Hall–Kier alpha value is -1.77. The molecule has 21 heavy (non-hydrogen) atoms. The molecule has 1 aromatic heterocycles. The molecule has 0 saturated carbocycles. The second-order valence-electron chi connectivity index (χ2n) is 5.21. The molecule has 0 spiro atoms. The second kappa shape index (κ2) is 5.55. The summed E-state index contributed by atoms with van der Waals surface area (Å²) in [5, 5.41) is 5.94. The molecule has 1 fully saturated rings. The van der Waals surface area contributed by atoms with Crippen molar-refractivity contribution in [3.05, 3.63) is 30.6 Å². The second-order valence-corrected chi connectivity index (χ2v) is 6.59. The van der Waals surface area contributed by atoms with Crippen LogP contribution in [0.5, 0.6) is 0 Å². The van der Waals surface area contributed by atoms with Crippen LogP contribution < -0.4 is 14.8 Å². The van der Waals surface area contributed by atoms with Crippen molar-refractivity contribution in [2.24, 2.45) is 11.1 Å². The van der Waals surface area contributed by atoms with Gasteiger partial charge in [-0.15, -0.1) is 0 Å². The molecule has 1 aliphatic heterocycles. The van der Waals surface area contributed by atoms with Crippen LogP contribution in [0.25, 0.3) is 10.9 Å². The van der Waals surface area contributed by atoms with Crippen molar-refractivity contribution in [3.63, 3.8) is 0 Å². The average molecular weight is 307 g/mol. The van der Waals surface area contributed by atoms with Crippen LogP contribution in [0, 0.1) is 5.92 Å². The Morgan fingerprint density at radius 2 is 2.05 bits per heavy atom. The van der Waals surface area contributed by atoms with Gasteiger partial charge in [0.15, 0.2) is 0 Å². The monoisotopic (exact) mass is 307 g/mol. The first-order valence-corrected chi connectivity index (χ1v) is 8.29. The topological polar surface area (TPSA) is 101 Å². The fourth-order valence-corrected chi connectivity index (χ4v) is 2.98. The van der Waals surface area contributed by atoms with Gasteiger partial charge in [0.05, 0.1) is 5.52 Å². The number of anilines is 1. The molecule has 0 radical (unpaired) electrons. The van der Waals surface area contributed by atoms with Crippen molar-refractivity contribution >= 4 is 26.9 Å². The summed E-state index contributed by atoms with van der Waals surface area (Å²) in [7, 11) is -3.58. The highest BCUT2D eigenvalue weighted by Gasteiger charge is 2.28. The number of rotatable bonds is 5. The summed E-state index contributed by atoms with van der Waals surface area (Å²) in [5.74, 6) is 1.39. The Balaban J connectivity index is 1.61. The van der Waals surface area contributed by atoms with E-state index < -0.39 is 10.2 Å². The van der Waals surface area contributed by atoms with E-state index in [0.717, 1.165) is 36.2 Å². The van der Waals surface area contributed by atoms with E-state index >= 15 is 0 Å². The van der Waals surface area contributed by atoms with Crippen molar-refractivity contribution in [2.45, 2.75) is 6.42 Å². The fraction of sp³-hybridized carbons (Fsp3) is 0.385. The molecular weight excluding hydrogens is 290 g/mol. The number of benzene rings is 1. The van der Waals surface area contributed by atoms with Crippen molar-refractivity contribution in [1.82, 2.24) is 14.7 Å². The smallest absolute Gasteiger partial charge is 0.274 e. The van der Waals surface area contributed by atoms with Crippen LogP contribution in [-0.2, 0) is 10.2 Å². The molecule has 0 bridgehead atoms. The van der Waals surface area contributed by atoms with Gasteiger partial charge in [-0.25, -0.2) is 19.8 Å². The van der Waals surface area contributed by atoms with Crippen molar-refractivity contribution in [3.8, 4) is 0 Å². The predicted molar refractivity (Wildman–Crippen MR) is 81.0 cm³/mol. The first kappa shape index (κ1) is 14.2. The minimum absolute atomic E-state index is 0.377. The highest BCUT2D eigenvalue weighted by molar-refractivity contribution is 7.87. The molecule has 1 saturated heterocycles. The maximum Gasteiger partial charge on any atom is 0.274 e. The summed E-state index contributed by atoms with van der Waals surface area (Å²) in [6, 6.07) is 7.91. The van der Waals surface area contributed by atoms with Crippen LogP contribution in [0.4, 0.5) is 5.82 Å². The van der Waals surface area contributed by atoms with Gasteiger partial charge in [-0.1, -0.05) is 12.1 Å². The summed E-state index contributed by atoms with van der Waals surface area (Å²) >= 11 is 0. The van der Waals surface area contributed by atoms with E-state index in [2.05, 4.69) is 19.6 Å². The number of fused-ring (bicyclic) bond motifs is 1. The van der Waals surface area contributed by atoms with Gasteiger partial charge in [0, 0.05) is 25.0 Å². The van der Waals surface area contributed by atoms with E-state index in [4.69, 9.17) is 5.14 Å². The highest BCUT2D eigenvalue weighted by atomic mass is 32.2. The molecule has 0 atom stereocenters. The van der Waals surface area contributed by atoms with Gasteiger partial charge >= 0.3 is 0 Å². The van der Waals surface area contributed by atoms with Gasteiger partial charge in [-0.05, 0) is 24.5 Å². The van der Waals surface area contributed by atoms with Crippen molar-refractivity contribution in [2.75, 3.05) is 24.5 Å². The van der Waals surface area contributed by atoms with Gasteiger partial charge in [-0.2, -0.15) is 8.42 Å². The van der Waals surface area contributed by atoms with Crippen molar-refractivity contribution < 1.29 is 8.42 Å². The fourth-order valence-electron chi connectivity index (χ4n) is 2.57. The number of nitrogens with two attached hydrogens (primary N) is 1. The van der Waals surface area contributed by atoms with Crippen LogP contribution in [0.2, 0.25) is 0 Å². The Morgan fingerprint density at radius 1 is 1.29 bits per heavy atom. The van der Waals surface area contributed by atoms with Gasteiger partial charge in [0.2, 0.25) is 0 Å². The van der Waals surface area contributed by atoms with E-state index in [1.54, 1.807) is 6.33 Å². The number of hydrogen-bond donors (Lipinski definition) is 2. The first-order chi connectivity index (χ1) is 10.0. The Kier molecular flexibility index (Phi) is 3.75. The number of para-hydroxylation sites is 1. The minimum atomic E-state index is -3.58. The standard InChI is InChI=1S/C13H17N5O2S/c14-21(19,20)17-6-5-10-7-18(8-10)13-11-3-1-2-4-12(11)15-9-16-13/h1-4,9-10,17H,5-8H2,(H2,14,19,20). The van der Waals surface area contributed by atoms with Crippen LogP contribution in [-0.4, -0.2) is 38.0 Å². The minimum Gasteiger partial charge on any atom is -0.355 e. The quantitative estimate of drug-likeness (QED) is 0.824. The number of nitrogens with one attached hydrogen (secondary N) is 1. The van der Waals surface area contributed by atoms with Crippen LogP contribution in [0.3, 0.4) is 0 Å². The lowest BCUT2D eigenvalue weighted by molar-refractivity contribution is 0.382. The molecule has 0 aliphatic carbocycles. The summed E-state index contributed by atoms with van der Waals surface area (Å²) in [5.41, 5.74) is 0.932. The Labute approximate surface area is 123 Å². The third-order valence-electron chi connectivity index (χ3n) is 3.63. The van der Waals surface area contributed by atoms with Crippen LogP contribution in [0.15, 0.2) is 30.6 Å². The van der Waals surface area contributed by atoms with Gasteiger partial charge in [0.1, 0.15) is 12.1 Å². The van der Waals surface area contributed by atoms with Crippen LogP contribution >= 0.6 is 0 Å². The van der Waals surface area contributed by atoms with Crippen molar-refractivity contribution in [1.29, 1.82) is 0 Å². The molecule has 1 aliphatic rings. The molecule has 7 nitrogen and oxygen atoms in total. The summed E-state index contributed by atoms with van der Waals surface area (Å²) < 4.78 is 23.9. The summed E-state index contributed by atoms with van der Waals surface area (Å²) in [4.78, 5) is 10.8. The third-order valence-corrected chi connectivity index (χ3v) is 4.24. The van der Waals surface area contributed by atoms with E-state index in [1.165, 1.54) is 0 Å². The maximum atomic E-state index is 10.8. The molecule has 0 amide bonds. The predicted octanol–water partition coefficient (Wildman–Crippen LogP) is 0.249. The normalized spacial score (nSPS) is 16.1. The number of nitrogens with zero attached hydrogens (tertiary/aromatic N) is 3. The van der Waals surface area contributed by atoms with Gasteiger partial charge < -0.3 is 4.90 Å². The third kappa shape index (κ3) is 3.29. The average Bonchev–Trinajstić information content (AvgIpc) is 2.40. The van der Waals surface area contributed by atoms with E-state index in [1.807, 2.05) is 24.3 Å². The molecule has 3 rings (SSSR count). The Bertz CT molecular complexity index is 738. The van der Waals surface area contributed by atoms with Gasteiger partial charge in [0.25, 0.3) is 10.2 Å².